The number of hydrogen-bond donors (Lipinski definition) is 4. The van der Waals surface area contributed by atoms with E-state index < -0.39 is 0 Å². The molecule has 0 aromatic carbocycles. The van der Waals surface area contributed by atoms with E-state index in [0.717, 1.165) is 48.6 Å². The maximum atomic E-state index is 12.9. The van der Waals surface area contributed by atoms with Crippen LogP contribution in [0.3, 0.4) is 0 Å². The van der Waals surface area contributed by atoms with Crippen molar-refractivity contribution in [2.24, 2.45) is 0 Å². The lowest BCUT2D eigenvalue weighted by Crippen LogP contribution is -2.49. The highest BCUT2D eigenvalue weighted by atomic mass is 16.3. The fraction of sp³-hybridized carbons (Fsp3) is 0.364. The number of pyridine rings is 1. The van der Waals surface area contributed by atoms with E-state index in [9.17, 15) is 4.79 Å². The summed E-state index contributed by atoms with van der Waals surface area (Å²) < 4.78 is 1.72. The number of amides is 2. The van der Waals surface area contributed by atoms with Gasteiger partial charge >= 0.3 is 6.03 Å². The number of anilines is 3. The molecule has 35 heavy (non-hydrogen) atoms. The van der Waals surface area contributed by atoms with Crippen molar-refractivity contribution in [2.75, 3.05) is 41.3 Å². The lowest BCUT2D eigenvalue weighted by molar-refractivity contribution is -0.123. The van der Waals surface area contributed by atoms with Gasteiger partial charge in [0.2, 0.25) is 0 Å². The van der Waals surface area contributed by atoms with E-state index in [-0.39, 0.29) is 19.0 Å². The molecule has 1 fully saturated rings. The lowest BCUT2D eigenvalue weighted by Gasteiger charge is -2.34. The van der Waals surface area contributed by atoms with Gasteiger partial charge < -0.3 is 20.4 Å². The zero-order valence-electron chi connectivity index (χ0n) is 19.5. The Morgan fingerprint density at radius 3 is 2.69 bits per heavy atom. The predicted octanol–water partition coefficient (Wildman–Crippen LogP) is 1.23. The second-order valence-corrected chi connectivity index (χ2v) is 7.90. The van der Waals surface area contributed by atoms with Gasteiger partial charge in [-0.15, -0.1) is 5.10 Å². The molecule has 1 atom stereocenters. The summed E-state index contributed by atoms with van der Waals surface area (Å²) in [4.78, 5) is 42.5. The lowest BCUT2D eigenvalue weighted by atomic mass is 10.1. The normalized spacial score (nSPS) is 16.3. The van der Waals surface area contributed by atoms with Crippen molar-refractivity contribution < 1.29 is 24.6 Å². The number of rotatable bonds is 2. The Morgan fingerprint density at radius 1 is 1.23 bits per heavy atom. The molecule has 3 aromatic heterocycles. The third-order valence-electron chi connectivity index (χ3n) is 5.51. The van der Waals surface area contributed by atoms with E-state index in [1.54, 1.807) is 21.8 Å². The molecule has 13 heteroatoms. The summed E-state index contributed by atoms with van der Waals surface area (Å²) in [7, 11) is 0. The second-order valence-electron chi connectivity index (χ2n) is 7.90. The molecule has 0 saturated carbocycles. The summed E-state index contributed by atoms with van der Waals surface area (Å²) in [5, 5.41) is 24.6. The summed E-state index contributed by atoms with van der Waals surface area (Å²) in [6.45, 7) is 7.09. The molecule has 0 unspecified atom stereocenters. The van der Waals surface area contributed by atoms with Crippen LogP contribution in [0, 0.1) is 6.92 Å². The van der Waals surface area contributed by atoms with Gasteiger partial charge in [-0.05, 0) is 26.3 Å². The first-order valence-corrected chi connectivity index (χ1v) is 10.9. The van der Waals surface area contributed by atoms with E-state index in [2.05, 4.69) is 43.6 Å². The number of carboxylic acid groups (broad SMARTS) is 2. The number of nitrogens with zero attached hydrogens (tertiary/aromatic N) is 6. The molecule has 2 aliphatic rings. The maximum Gasteiger partial charge on any atom is 0.328 e. The first-order valence-electron chi connectivity index (χ1n) is 10.9. The molecule has 0 bridgehead atoms. The summed E-state index contributed by atoms with van der Waals surface area (Å²) in [5.74, 6) is 1.25. The number of nitrogens with one attached hydrogen (secondary N) is 2. The Balaban J connectivity index is 0.000000520. The van der Waals surface area contributed by atoms with Crippen LogP contribution in [0.15, 0.2) is 30.7 Å². The van der Waals surface area contributed by atoms with Gasteiger partial charge in [-0.3, -0.25) is 24.8 Å². The van der Waals surface area contributed by atoms with Crippen molar-refractivity contribution in [1.29, 1.82) is 0 Å². The van der Waals surface area contributed by atoms with Gasteiger partial charge in [0.05, 0.1) is 23.6 Å². The molecule has 5 heterocycles. The van der Waals surface area contributed by atoms with Gasteiger partial charge in [-0.25, -0.2) is 14.3 Å². The molecule has 4 N–H and O–H groups in total. The number of urea groups is 1. The van der Waals surface area contributed by atoms with Crippen molar-refractivity contribution in [3.8, 4) is 0 Å². The van der Waals surface area contributed by atoms with Gasteiger partial charge in [0, 0.05) is 55.7 Å². The molecule has 2 aliphatic heterocycles. The average molecular weight is 485 g/mol. The predicted molar refractivity (Wildman–Crippen MR) is 129 cm³/mol. The van der Waals surface area contributed by atoms with E-state index in [4.69, 9.17) is 19.8 Å². The first-order chi connectivity index (χ1) is 16.9. The minimum atomic E-state index is -0.250. The summed E-state index contributed by atoms with van der Waals surface area (Å²) >= 11 is 0. The quantitative estimate of drug-likeness (QED) is 0.389. The SMILES string of the molecule is Cc1cn2nc(NC(=O)N3CCc4c(N5CCN[C@@H](C)C5)ccnc43)cc2cn1.O=CO.O=CO. The first kappa shape index (κ1) is 25.4. The molecule has 13 nitrogen and oxygen atoms in total. The monoisotopic (exact) mass is 484 g/mol. The average Bonchev–Trinajstić information content (AvgIpc) is 3.43. The van der Waals surface area contributed by atoms with Crippen LogP contribution in [0.1, 0.15) is 18.2 Å². The van der Waals surface area contributed by atoms with Gasteiger partial charge in [0.1, 0.15) is 5.82 Å². The summed E-state index contributed by atoms with van der Waals surface area (Å²) in [6, 6.07) is 4.11. The molecular formula is C22H28N8O5. The second kappa shape index (κ2) is 11.7. The Kier molecular flexibility index (Phi) is 8.51. The standard InChI is InChI=1S/C20H24N8O.2CH2O2/c1-13-11-26(8-6-21-13)17-3-5-22-19-16(17)4-7-27(19)20(29)24-18-9-15-10-23-14(2)12-28(15)25-18;2*2-1-3/h3,5,9-10,12-13,21H,4,6-8,11H2,1-2H3,(H,24,25,29);2*1H,(H,2,3)/t13-;;/m0../s1. The van der Waals surface area contributed by atoms with Crippen LogP contribution in [0.25, 0.3) is 5.52 Å². The fourth-order valence-corrected chi connectivity index (χ4v) is 4.14. The van der Waals surface area contributed by atoms with Crippen molar-refractivity contribution >= 4 is 41.8 Å². The molecule has 2 amide bonds. The molecular weight excluding hydrogens is 456 g/mol. The third-order valence-corrected chi connectivity index (χ3v) is 5.51. The number of hydrogen-bond acceptors (Lipinski definition) is 8. The largest absolute Gasteiger partial charge is 0.483 e. The number of carbonyl (C=O) groups is 3. The molecule has 186 valence electrons. The van der Waals surface area contributed by atoms with E-state index >= 15 is 0 Å². The number of aryl methyl sites for hydroxylation is 1. The highest BCUT2D eigenvalue weighted by molar-refractivity contribution is 6.02. The van der Waals surface area contributed by atoms with Crippen molar-refractivity contribution in [3.05, 3.63) is 42.0 Å². The van der Waals surface area contributed by atoms with Gasteiger partial charge in [-0.2, -0.15) is 0 Å². The highest BCUT2D eigenvalue weighted by Crippen LogP contribution is 2.34. The van der Waals surface area contributed by atoms with Gasteiger partial charge in [-0.1, -0.05) is 0 Å². The Morgan fingerprint density at radius 2 is 1.97 bits per heavy atom. The molecule has 1 saturated heterocycles. The van der Waals surface area contributed by atoms with Crippen LogP contribution in [0.4, 0.5) is 22.1 Å². The highest BCUT2D eigenvalue weighted by Gasteiger charge is 2.30. The molecule has 0 spiro atoms. The van der Waals surface area contributed by atoms with Crippen LogP contribution in [-0.2, 0) is 16.0 Å². The van der Waals surface area contributed by atoms with Gasteiger partial charge in [0.15, 0.2) is 5.82 Å². The summed E-state index contributed by atoms with van der Waals surface area (Å²) in [6.07, 6.45) is 6.17. The van der Waals surface area contributed by atoms with Crippen molar-refractivity contribution in [3.63, 3.8) is 0 Å². The molecule has 0 aliphatic carbocycles. The van der Waals surface area contributed by atoms with E-state index in [1.807, 2.05) is 19.2 Å². The van der Waals surface area contributed by atoms with Crippen LogP contribution in [-0.4, -0.2) is 81.0 Å². The van der Waals surface area contributed by atoms with Crippen molar-refractivity contribution in [2.45, 2.75) is 26.3 Å². The Labute approximate surface area is 201 Å². The minimum absolute atomic E-state index is 0.213. The summed E-state index contributed by atoms with van der Waals surface area (Å²) in [5.41, 5.74) is 4.03. The van der Waals surface area contributed by atoms with Crippen LogP contribution >= 0.6 is 0 Å². The maximum absolute atomic E-state index is 12.9. The Bertz CT molecular complexity index is 1180. The number of aromatic nitrogens is 4. The number of piperazine rings is 1. The van der Waals surface area contributed by atoms with Crippen LogP contribution < -0.4 is 20.4 Å². The zero-order chi connectivity index (χ0) is 25.4. The Hall–Kier alpha value is -4.26. The van der Waals surface area contributed by atoms with Crippen LogP contribution in [0.5, 0.6) is 0 Å². The molecule has 5 rings (SSSR count). The number of fused-ring (bicyclic) bond motifs is 2. The van der Waals surface area contributed by atoms with E-state index in [0.29, 0.717) is 18.4 Å². The molecule has 3 aromatic rings. The van der Waals surface area contributed by atoms with E-state index in [1.165, 1.54) is 5.69 Å². The third kappa shape index (κ3) is 6.00. The topological polar surface area (TPSA) is 165 Å². The molecule has 0 radical (unpaired) electrons. The zero-order valence-corrected chi connectivity index (χ0v) is 19.5. The van der Waals surface area contributed by atoms with Gasteiger partial charge in [0.25, 0.3) is 12.9 Å². The van der Waals surface area contributed by atoms with Crippen molar-refractivity contribution in [1.82, 2.24) is 24.9 Å². The fourth-order valence-electron chi connectivity index (χ4n) is 4.14. The smallest absolute Gasteiger partial charge is 0.328 e. The van der Waals surface area contributed by atoms with Crippen LogP contribution in [0.2, 0.25) is 0 Å². The minimum Gasteiger partial charge on any atom is -0.483 e. The number of carbonyl (C=O) groups excluding carboxylic acids is 1.